The zero-order valence-corrected chi connectivity index (χ0v) is 21.5. The van der Waals surface area contributed by atoms with Crippen molar-refractivity contribution in [2.75, 3.05) is 37.9 Å². The van der Waals surface area contributed by atoms with Crippen LogP contribution in [0.25, 0.3) is 16.7 Å². The van der Waals surface area contributed by atoms with Crippen LogP contribution >= 0.6 is 0 Å². The second-order valence-corrected chi connectivity index (χ2v) is 9.12. The number of anilines is 3. The van der Waals surface area contributed by atoms with Gasteiger partial charge in [0.05, 0.1) is 23.9 Å². The number of halogens is 1. The lowest BCUT2D eigenvalue weighted by molar-refractivity contribution is -0.111. The number of methoxy groups -OCH3 is 1. The molecule has 1 aliphatic rings. The summed E-state index contributed by atoms with van der Waals surface area (Å²) in [6.07, 6.45) is 4.92. The molecule has 1 fully saturated rings. The lowest BCUT2D eigenvalue weighted by Gasteiger charge is -2.20. The SMILES string of the molecule is C=CC(=O)Nc1cc(Nc2ncc3c(=O)ccn(-c4cccc(F)c4)c3n2)c(OC)cc1OC1CCN(C)C1. The summed E-state index contributed by atoms with van der Waals surface area (Å²) in [7, 11) is 3.53. The molecule has 11 heteroatoms. The summed E-state index contributed by atoms with van der Waals surface area (Å²) in [5, 5.41) is 6.16. The minimum Gasteiger partial charge on any atom is -0.494 e. The smallest absolute Gasteiger partial charge is 0.247 e. The number of likely N-dealkylation sites (N-methyl/N-ethyl adjacent to an activating group) is 1. The van der Waals surface area contributed by atoms with Crippen molar-refractivity contribution in [2.24, 2.45) is 0 Å². The Hall–Kier alpha value is -4.77. The van der Waals surface area contributed by atoms with Crippen molar-refractivity contribution in [1.82, 2.24) is 19.4 Å². The molecule has 1 aliphatic heterocycles. The third kappa shape index (κ3) is 5.58. The normalized spacial score (nSPS) is 15.2. The third-order valence-corrected chi connectivity index (χ3v) is 6.36. The van der Waals surface area contributed by atoms with Crippen LogP contribution in [-0.2, 0) is 4.79 Å². The van der Waals surface area contributed by atoms with Crippen molar-refractivity contribution in [3.63, 3.8) is 0 Å². The van der Waals surface area contributed by atoms with Crippen molar-refractivity contribution in [3.05, 3.63) is 83.6 Å². The van der Waals surface area contributed by atoms with E-state index in [2.05, 4.69) is 32.1 Å². The third-order valence-electron chi connectivity index (χ3n) is 6.36. The fourth-order valence-electron chi connectivity index (χ4n) is 4.42. The lowest BCUT2D eigenvalue weighted by Crippen LogP contribution is -2.22. The average molecular weight is 531 g/mol. The summed E-state index contributed by atoms with van der Waals surface area (Å²) >= 11 is 0. The Morgan fingerprint density at radius 3 is 2.77 bits per heavy atom. The van der Waals surface area contributed by atoms with Crippen LogP contribution in [0.5, 0.6) is 11.5 Å². The molecule has 4 aromatic rings. The van der Waals surface area contributed by atoms with Gasteiger partial charge in [0, 0.05) is 43.3 Å². The van der Waals surface area contributed by atoms with Crippen molar-refractivity contribution >= 4 is 34.3 Å². The Morgan fingerprint density at radius 1 is 1.21 bits per heavy atom. The van der Waals surface area contributed by atoms with Gasteiger partial charge in [0.25, 0.3) is 0 Å². The van der Waals surface area contributed by atoms with Crippen molar-refractivity contribution < 1.29 is 18.7 Å². The van der Waals surface area contributed by atoms with Crippen LogP contribution in [-0.4, -0.2) is 58.7 Å². The van der Waals surface area contributed by atoms with E-state index in [1.54, 1.807) is 28.8 Å². The van der Waals surface area contributed by atoms with Crippen LogP contribution in [0.4, 0.5) is 21.7 Å². The van der Waals surface area contributed by atoms with Crippen molar-refractivity contribution in [1.29, 1.82) is 0 Å². The number of pyridine rings is 1. The highest BCUT2D eigenvalue weighted by Crippen LogP contribution is 2.39. The van der Waals surface area contributed by atoms with E-state index in [0.29, 0.717) is 28.6 Å². The summed E-state index contributed by atoms with van der Waals surface area (Å²) in [6, 6.07) is 10.7. The maximum absolute atomic E-state index is 13.9. The first-order valence-corrected chi connectivity index (χ1v) is 12.3. The molecule has 3 heterocycles. The first-order chi connectivity index (χ1) is 18.8. The van der Waals surface area contributed by atoms with E-state index in [1.807, 2.05) is 7.05 Å². The van der Waals surface area contributed by atoms with Gasteiger partial charge >= 0.3 is 0 Å². The lowest BCUT2D eigenvalue weighted by atomic mass is 10.2. The molecule has 5 rings (SSSR count). The second kappa shape index (κ2) is 10.9. The molecule has 39 heavy (non-hydrogen) atoms. The zero-order chi connectivity index (χ0) is 27.5. The molecule has 2 N–H and O–H groups in total. The summed E-state index contributed by atoms with van der Waals surface area (Å²) in [6.45, 7) is 5.20. The molecule has 2 aromatic heterocycles. The highest BCUT2D eigenvalue weighted by atomic mass is 19.1. The van der Waals surface area contributed by atoms with Gasteiger partial charge in [-0.1, -0.05) is 12.6 Å². The Bertz CT molecular complexity index is 1620. The number of rotatable bonds is 8. The van der Waals surface area contributed by atoms with E-state index in [9.17, 15) is 14.0 Å². The molecule has 200 valence electrons. The van der Waals surface area contributed by atoms with E-state index >= 15 is 0 Å². The van der Waals surface area contributed by atoms with Gasteiger partial charge in [-0.15, -0.1) is 0 Å². The predicted molar refractivity (Wildman–Crippen MR) is 147 cm³/mol. The molecule has 10 nitrogen and oxygen atoms in total. The molecular formula is C28H27FN6O4. The van der Waals surface area contributed by atoms with Crippen molar-refractivity contribution in [2.45, 2.75) is 12.5 Å². The summed E-state index contributed by atoms with van der Waals surface area (Å²) < 4.78 is 27.4. The summed E-state index contributed by atoms with van der Waals surface area (Å²) in [4.78, 5) is 35.7. The first kappa shape index (κ1) is 25.9. The maximum Gasteiger partial charge on any atom is 0.247 e. The quantitative estimate of drug-likeness (QED) is 0.330. The fraction of sp³-hybridized carbons (Fsp3) is 0.214. The molecule has 2 aromatic carbocycles. The Labute approximate surface area is 223 Å². The van der Waals surface area contributed by atoms with Crippen LogP contribution in [0.3, 0.4) is 0 Å². The summed E-state index contributed by atoms with van der Waals surface area (Å²) in [5.41, 5.74) is 1.37. The second-order valence-electron chi connectivity index (χ2n) is 9.12. The van der Waals surface area contributed by atoms with Gasteiger partial charge in [0.1, 0.15) is 23.4 Å². The molecule has 0 spiro atoms. The van der Waals surface area contributed by atoms with Crippen LogP contribution < -0.4 is 25.5 Å². The minimum atomic E-state index is -0.419. The van der Waals surface area contributed by atoms with E-state index < -0.39 is 11.7 Å². The number of hydrogen-bond acceptors (Lipinski definition) is 8. The highest BCUT2D eigenvalue weighted by molar-refractivity contribution is 6.00. The number of ether oxygens (including phenoxy) is 2. The van der Waals surface area contributed by atoms with Gasteiger partial charge in [-0.3, -0.25) is 9.59 Å². The van der Waals surface area contributed by atoms with Crippen LogP contribution in [0.15, 0.2) is 72.3 Å². The maximum atomic E-state index is 13.9. The number of carbonyl (C=O) groups excluding carboxylic acids is 1. The zero-order valence-electron chi connectivity index (χ0n) is 21.5. The molecule has 1 unspecified atom stereocenters. The Morgan fingerprint density at radius 2 is 2.05 bits per heavy atom. The monoisotopic (exact) mass is 530 g/mol. The van der Waals surface area contributed by atoms with Gasteiger partial charge in [-0.25, -0.2) is 9.37 Å². The Balaban J connectivity index is 1.55. The predicted octanol–water partition coefficient (Wildman–Crippen LogP) is 3.88. The number of amides is 1. The fourth-order valence-corrected chi connectivity index (χ4v) is 4.42. The van der Waals surface area contributed by atoms with E-state index in [-0.39, 0.29) is 28.5 Å². The van der Waals surface area contributed by atoms with E-state index in [1.165, 1.54) is 43.8 Å². The Kier molecular flexibility index (Phi) is 7.24. The largest absolute Gasteiger partial charge is 0.494 e. The number of carbonyl (C=O) groups is 1. The van der Waals surface area contributed by atoms with Gasteiger partial charge in [0.2, 0.25) is 11.9 Å². The molecule has 0 bridgehead atoms. The molecular weight excluding hydrogens is 503 g/mol. The number of likely N-dealkylation sites (tertiary alicyclic amines) is 1. The van der Waals surface area contributed by atoms with Crippen LogP contribution in [0, 0.1) is 5.82 Å². The minimum absolute atomic E-state index is 0.0405. The van der Waals surface area contributed by atoms with Crippen LogP contribution in [0.1, 0.15) is 6.42 Å². The van der Waals surface area contributed by atoms with Gasteiger partial charge in [0.15, 0.2) is 11.1 Å². The molecule has 0 aliphatic carbocycles. The number of nitrogens with zero attached hydrogens (tertiary/aromatic N) is 4. The van der Waals surface area contributed by atoms with Crippen LogP contribution in [0.2, 0.25) is 0 Å². The highest BCUT2D eigenvalue weighted by Gasteiger charge is 2.24. The summed E-state index contributed by atoms with van der Waals surface area (Å²) in [5.74, 6) is 0.209. The molecule has 0 saturated carbocycles. The van der Waals surface area contributed by atoms with E-state index in [0.717, 1.165) is 19.5 Å². The number of hydrogen-bond donors (Lipinski definition) is 2. The first-order valence-electron chi connectivity index (χ1n) is 12.3. The standard InChI is InChI=1S/C28H27FN6O4/c1-4-26(37)31-22-13-21(24(38-3)14-25(22)39-19-8-10-34(2)16-19)32-28-30-15-20-23(36)9-11-35(27(20)33-28)18-7-5-6-17(29)12-18/h4-7,9,11-15,19H,1,8,10,16H2,2-3H3,(H,31,37)(H,30,32,33). The number of nitrogens with one attached hydrogen (secondary N) is 2. The molecule has 1 saturated heterocycles. The van der Waals surface area contributed by atoms with Gasteiger partial charge in [-0.05, 0) is 43.8 Å². The molecule has 0 radical (unpaired) electrons. The number of aromatic nitrogens is 3. The number of benzene rings is 2. The molecule has 1 amide bonds. The number of fused-ring (bicyclic) bond motifs is 1. The topological polar surface area (TPSA) is 111 Å². The average Bonchev–Trinajstić information content (AvgIpc) is 3.34. The molecule has 1 atom stereocenters. The van der Waals surface area contributed by atoms with Crippen molar-refractivity contribution in [3.8, 4) is 17.2 Å². The van der Waals surface area contributed by atoms with Gasteiger partial charge in [-0.2, -0.15) is 4.98 Å². The van der Waals surface area contributed by atoms with Gasteiger partial charge < -0.3 is 29.6 Å². The van der Waals surface area contributed by atoms with E-state index in [4.69, 9.17) is 9.47 Å².